The number of halogens is 4. The van der Waals surface area contributed by atoms with Gasteiger partial charge in [0.1, 0.15) is 0 Å². The summed E-state index contributed by atoms with van der Waals surface area (Å²) in [6.07, 6.45) is 0. The SMILES string of the molecule is [Cl-].[Cr+4].[F-].[F-].[F-]. The molecule has 0 amide bonds. The smallest absolute Gasteiger partial charge is 1.00 e. The Balaban J connectivity index is 0. The van der Waals surface area contributed by atoms with Gasteiger partial charge in [0.05, 0.1) is 0 Å². The molecule has 0 N–H and O–H groups in total. The number of hydrogen-bond acceptors (Lipinski definition) is 0. The van der Waals surface area contributed by atoms with Crippen LogP contribution in [-0.4, -0.2) is 0 Å². The molecule has 0 bridgehead atoms. The summed E-state index contributed by atoms with van der Waals surface area (Å²) in [5, 5.41) is 0. The molecule has 0 aromatic rings. The molecule has 34 valence electrons. The largest absolute Gasteiger partial charge is 4.00 e. The van der Waals surface area contributed by atoms with Crippen LogP contribution < -0.4 is 26.5 Å². The van der Waals surface area contributed by atoms with E-state index < -0.39 is 0 Å². The third kappa shape index (κ3) is 83.9. The van der Waals surface area contributed by atoms with E-state index in [-0.39, 0.29) is 43.9 Å². The minimum absolute atomic E-state index is 0. The van der Waals surface area contributed by atoms with Crippen molar-refractivity contribution in [2.45, 2.75) is 0 Å². The van der Waals surface area contributed by atoms with Gasteiger partial charge in [-0.1, -0.05) is 0 Å². The van der Waals surface area contributed by atoms with Gasteiger partial charge in [-0.05, 0) is 0 Å². The van der Waals surface area contributed by atoms with E-state index in [2.05, 4.69) is 0 Å². The van der Waals surface area contributed by atoms with Gasteiger partial charge in [-0.25, -0.2) is 0 Å². The van der Waals surface area contributed by atoms with Gasteiger partial charge in [0.2, 0.25) is 0 Å². The quantitative estimate of drug-likeness (QED) is 0.317. The third-order valence-electron chi connectivity index (χ3n) is 0. The summed E-state index contributed by atoms with van der Waals surface area (Å²) >= 11 is 0. The summed E-state index contributed by atoms with van der Waals surface area (Å²) in [5.41, 5.74) is 0. The zero-order valence-corrected chi connectivity index (χ0v) is 3.95. The van der Waals surface area contributed by atoms with Crippen LogP contribution in [0.5, 0.6) is 0 Å². The fourth-order valence-electron chi connectivity index (χ4n) is 0. The Morgan fingerprint density at radius 3 is 0.600 bits per heavy atom. The molecule has 0 aromatic carbocycles. The minimum atomic E-state index is 0. The van der Waals surface area contributed by atoms with Crippen LogP contribution >= 0.6 is 0 Å². The standard InChI is InChI=1S/ClH.Cr.3FH/h1H;;3*1H/q;+4;;;/p-4. The molecular weight excluding hydrogens is 144 g/mol. The second-order valence-electron chi connectivity index (χ2n) is 0. The van der Waals surface area contributed by atoms with Crippen molar-refractivity contribution in [2.24, 2.45) is 0 Å². The maximum absolute atomic E-state index is 0. The average Bonchev–Trinajstić information content (AvgIpc) is 0. The molecule has 0 atom stereocenters. The Morgan fingerprint density at radius 2 is 0.600 bits per heavy atom. The van der Waals surface area contributed by atoms with E-state index in [9.17, 15) is 0 Å². The van der Waals surface area contributed by atoms with Gasteiger partial charge in [-0.15, -0.1) is 0 Å². The van der Waals surface area contributed by atoms with Crippen LogP contribution in [0.25, 0.3) is 0 Å². The van der Waals surface area contributed by atoms with Gasteiger partial charge >= 0.3 is 17.4 Å². The summed E-state index contributed by atoms with van der Waals surface area (Å²) in [5.74, 6) is 0. The minimum Gasteiger partial charge on any atom is -1.00 e. The van der Waals surface area contributed by atoms with Gasteiger partial charge in [0, 0.05) is 0 Å². The molecule has 0 aliphatic carbocycles. The van der Waals surface area contributed by atoms with Crippen molar-refractivity contribution >= 4 is 0 Å². The summed E-state index contributed by atoms with van der Waals surface area (Å²) in [6, 6.07) is 0. The second kappa shape index (κ2) is 160. The third-order valence-corrected chi connectivity index (χ3v) is 0. The maximum Gasteiger partial charge on any atom is 4.00 e. The van der Waals surface area contributed by atoms with Crippen molar-refractivity contribution in [3.05, 3.63) is 0 Å². The first-order valence-electron chi connectivity index (χ1n) is 0. The molecule has 0 saturated heterocycles. The zero-order chi connectivity index (χ0) is 0. The molecule has 5 heavy (non-hydrogen) atoms. The summed E-state index contributed by atoms with van der Waals surface area (Å²) in [4.78, 5) is 0. The number of hydrogen-bond donors (Lipinski definition) is 0. The van der Waals surface area contributed by atoms with Crippen LogP contribution in [0.4, 0.5) is 0 Å². The fraction of sp³-hybridized carbons (Fsp3) is 0. The van der Waals surface area contributed by atoms with Crippen molar-refractivity contribution in [1.82, 2.24) is 0 Å². The fourth-order valence-corrected chi connectivity index (χ4v) is 0. The molecule has 0 aliphatic heterocycles. The van der Waals surface area contributed by atoms with E-state index in [1.807, 2.05) is 0 Å². The van der Waals surface area contributed by atoms with E-state index >= 15 is 0 Å². The van der Waals surface area contributed by atoms with Crippen LogP contribution in [0.2, 0.25) is 0 Å². The van der Waals surface area contributed by atoms with E-state index in [0.717, 1.165) is 0 Å². The van der Waals surface area contributed by atoms with Crippen molar-refractivity contribution in [3.8, 4) is 0 Å². The number of rotatable bonds is 0. The molecule has 0 aromatic heterocycles. The average molecular weight is 144 g/mol. The van der Waals surface area contributed by atoms with E-state index in [1.165, 1.54) is 0 Å². The van der Waals surface area contributed by atoms with Crippen LogP contribution in [-0.2, 0) is 17.4 Å². The van der Waals surface area contributed by atoms with Gasteiger partial charge in [-0.2, -0.15) is 0 Å². The Kier molecular flexibility index (Phi) is 10200. The summed E-state index contributed by atoms with van der Waals surface area (Å²) < 4.78 is 0. The molecule has 0 saturated carbocycles. The van der Waals surface area contributed by atoms with Crippen LogP contribution in [0.1, 0.15) is 0 Å². The van der Waals surface area contributed by atoms with E-state index in [4.69, 9.17) is 0 Å². The van der Waals surface area contributed by atoms with E-state index in [1.54, 1.807) is 0 Å². The van der Waals surface area contributed by atoms with Crippen LogP contribution in [0.3, 0.4) is 0 Å². The molecule has 5 heteroatoms. The van der Waals surface area contributed by atoms with Crippen LogP contribution in [0.15, 0.2) is 0 Å². The van der Waals surface area contributed by atoms with Crippen molar-refractivity contribution in [3.63, 3.8) is 0 Å². The first kappa shape index (κ1) is 318. The van der Waals surface area contributed by atoms with Gasteiger partial charge in [-0.3, -0.25) is 0 Å². The molecule has 0 heterocycles. The molecule has 0 nitrogen and oxygen atoms in total. The molecular formula is ClCrF3. The molecule has 0 rings (SSSR count). The van der Waals surface area contributed by atoms with E-state index in [0.29, 0.717) is 0 Å². The first-order chi connectivity index (χ1) is 0. The predicted molar refractivity (Wildman–Crippen MR) is 0 cm³/mol. The Morgan fingerprint density at radius 1 is 0.600 bits per heavy atom. The molecule has 0 fully saturated rings. The normalized spacial score (nSPS) is 0. The topological polar surface area (TPSA) is 0 Å². The van der Waals surface area contributed by atoms with Crippen molar-refractivity contribution in [2.75, 3.05) is 0 Å². The monoisotopic (exact) mass is 144 g/mol. The molecule has 0 radical (unpaired) electrons. The van der Waals surface area contributed by atoms with Gasteiger partial charge in [0.25, 0.3) is 0 Å². The van der Waals surface area contributed by atoms with Crippen LogP contribution in [0, 0.1) is 0 Å². The van der Waals surface area contributed by atoms with Gasteiger partial charge < -0.3 is 26.5 Å². The Bertz CT molecular complexity index is 6.85. The summed E-state index contributed by atoms with van der Waals surface area (Å²) in [6.45, 7) is 0. The first-order valence-corrected chi connectivity index (χ1v) is 0. The van der Waals surface area contributed by atoms with Crippen molar-refractivity contribution < 1.29 is 43.9 Å². The Labute approximate surface area is 44.6 Å². The second-order valence-corrected chi connectivity index (χ2v) is 0. The molecule has 0 aliphatic rings. The van der Waals surface area contributed by atoms with Gasteiger partial charge in [0.15, 0.2) is 0 Å². The predicted octanol–water partition coefficient (Wildman–Crippen LogP) is -12.0. The molecule has 0 unspecified atom stereocenters. The van der Waals surface area contributed by atoms with Crippen molar-refractivity contribution in [1.29, 1.82) is 0 Å². The zero-order valence-electron chi connectivity index (χ0n) is 1.92. The Hall–Kier alpha value is 0.612. The molecule has 0 spiro atoms. The maximum atomic E-state index is 0. The summed E-state index contributed by atoms with van der Waals surface area (Å²) in [7, 11) is 0.